The quantitative estimate of drug-likeness (QED) is 0.484. The van der Waals surface area contributed by atoms with Crippen LogP contribution < -0.4 is 10.7 Å². The molecular formula is C20H17ClN2O4S. The second-order valence-corrected chi connectivity index (χ2v) is 7.46. The number of esters is 1. The Labute approximate surface area is 170 Å². The lowest BCUT2D eigenvalue weighted by molar-refractivity contribution is -0.113. The predicted molar refractivity (Wildman–Crippen MR) is 111 cm³/mol. The van der Waals surface area contributed by atoms with Gasteiger partial charge in [-0.2, -0.15) is 0 Å². The number of aromatic amines is 1. The van der Waals surface area contributed by atoms with Gasteiger partial charge in [-0.1, -0.05) is 41.1 Å². The van der Waals surface area contributed by atoms with Gasteiger partial charge in [0.1, 0.15) is 5.56 Å². The van der Waals surface area contributed by atoms with Gasteiger partial charge in [0, 0.05) is 16.1 Å². The molecule has 8 heteroatoms. The molecule has 1 aromatic heterocycles. The van der Waals surface area contributed by atoms with Crippen molar-refractivity contribution < 1.29 is 14.3 Å². The van der Waals surface area contributed by atoms with Crippen molar-refractivity contribution in [2.75, 3.05) is 18.2 Å². The van der Waals surface area contributed by atoms with Crippen molar-refractivity contribution in [2.45, 2.75) is 11.9 Å². The molecule has 0 aliphatic carbocycles. The van der Waals surface area contributed by atoms with E-state index in [1.165, 1.54) is 7.11 Å². The van der Waals surface area contributed by atoms with Crippen LogP contribution in [0, 0.1) is 6.92 Å². The first-order chi connectivity index (χ1) is 13.4. The van der Waals surface area contributed by atoms with Crippen molar-refractivity contribution >= 4 is 51.8 Å². The summed E-state index contributed by atoms with van der Waals surface area (Å²) in [6.07, 6.45) is 0. The van der Waals surface area contributed by atoms with Crippen molar-refractivity contribution in [3.8, 4) is 0 Å². The summed E-state index contributed by atoms with van der Waals surface area (Å²) in [5, 5.41) is 3.79. The van der Waals surface area contributed by atoms with Crippen LogP contribution in [0.1, 0.15) is 15.9 Å². The molecule has 3 aromatic rings. The highest BCUT2D eigenvalue weighted by molar-refractivity contribution is 8.00. The van der Waals surface area contributed by atoms with Crippen molar-refractivity contribution in [1.82, 2.24) is 4.98 Å². The van der Waals surface area contributed by atoms with Crippen LogP contribution in [0.4, 0.5) is 5.69 Å². The molecule has 0 saturated heterocycles. The Balaban J connectivity index is 1.88. The number of fused-ring (bicyclic) bond motifs is 1. The third kappa shape index (κ3) is 4.37. The maximum absolute atomic E-state index is 12.8. The van der Waals surface area contributed by atoms with E-state index >= 15 is 0 Å². The number of carbonyl (C=O) groups is 2. The number of rotatable bonds is 5. The van der Waals surface area contributed by atoms with Crippen molar-refractivity contribution in [1.29, 1.82) is 0 Å². The van der Waals surface area contributed by atoms with E-state index < -0.39 is 11.4 Å². The third-order valence-corrected chi connectivity index (χ3v) is 5.24. The SMILES string of the molecule is COC(=O)c1c(SCC(=O)Nc2ccc(C)cc2)[nH]c2cc(Cl)ccc2c1=O. The lowest BCUT2D eigenvalue weighted by Crippen LogP contribution is -2.20. The number of aryl methyl sites for hydroxylation is 1. The average molecular weight is 417 g/mol. The molecule has 0 unspecified atom stereocenters. The molecule has 1 amide bonds. The minimum atomic E-state index is -0.764. The number of thioether (sulfide) groups is 1. The Kier molecular flexibility index (Phi) is 6.06. The minimum absolute atomic E-state index is 0.000116. The van der Waals surface area contributed by atoms with Crippen LogP contribution in [0.2, 0.25) is 5.02 Å². The van der Waals surface area contributed by atoms with Gasteiger partial charge in [0.15, 0.2) is 0 Å². The lowest BCUT2D eigenvalue weighted by Gasteiger charge is -2.10. The number of hydrogen-bond acceptors (Lipinski definition) is 5. The number of methoxy groups -OCH3 is 1. The standard InChI is InChI=1S/C20H17ClN2O4S/c1-11-3-6-13(7-4-11)22-16(24)10-28-19-17(20(26)27-2)18(25)14-8-5-12(21)9-15(14)23-19/h3-9H,10H2,1-2H3,(H,22,24)(H,23,25). The fourth-order valence-electron chi connectivity index (χ4n) is 2.61. The van der Waals surface area contributed by atoms with Gasteiger partial charge >= 0.3 is 5.97 Å². The fraction of sp³-hybridized carbons (Fsp3) is 0.150. The summed E-state index contributed by atoms with van der Waals surface area (Å²) in [4.78, 5) is 40.2. The topological polar surface area (TPSA) is 88.3 Å². The first-order valence-electron chi connectivity index (χ1n) is 8.32. The molecule has 0 fully saturated rings. The zero-order chi connectivity index (χ0) is 20.3. The van der Waals surface area contributed by atoms with Crippen LogP contribution >= 0.6 is 23.4 Å². The maximum Gasteiger partial charge on any atom is 0.344 e. The normalized spacial score (nSPS) is 10.7. The zero-order valence-electron chi connectivity index (χ0n) is 15.2. The Morgan fingerprint density at radius 1 is 1.18 bits per heavy atom. The van der Waals surface area contributed by atoms with Gasteiger partial charge in [0.2, 0.25) is 11.3 Å². The maximum atomic E-state index is 12.8. The van der Waals surface area contributed by atoms with Crippen LogP contribution in [-0.2, 0) is 9.53 Å². The molecule has 3 rings (SSSR count). The van der Waals surface area contributed by atoms with Crippen LogP contribution in [-0.4, -0.2) is 29.7 Å². The molecular weight excluding hydrogens is 400 g/mol. The lowest BCUT2D eigenvalue weighted by atomic mass is 10.1. The third-order valence-electron chi connectivity index (χ3n) is 4.00. The van der Waals surface area contributed by atoms with Crippen molar-refractivity contribution in [2.24, 2.45) is 0 Å². The number of ether oxygens (including phenoxy) is 1. The highest BCUT2D eigenvalue weighted by Gasteiger charge is 2.21. The number of H-pyrrole nitrogens is 1. The first kappa shape index (κ1) is 20.0. The minimum Gasteiger partial charge on any atom is -0.465 e. The van der Waals surface area contributed by atoms with Gasteiger partial charge in [-0.05, 0) is 37.3 Å². The molecule has 2 N–H and O–H groups in total. The summed E-state index contributed by atoms with van der Waals surface area (Å²) in [6, 6.07) is 12.1. The average Bonchev–Trinajstić information content (AvgIpc) is 2.67. The molecule has 2 aromatic carbocycles. The summed E-state index contributed by atoms with van der Waals surface area (Å²) in [5.74, 6) is -1.03. The van der Waals surface area contributed by atoms with Crippen molar-refractivity contribution in [3.05, 3.63) is 68.8 Å². The summed E-state index contributed by atoms with van der Waals surface area (Å²) in [6.45, 7) is 1.96. The number of aromatic nitrogens is 1. The first-order valence-corrected chi connectivity index (χ1v) is 9.68. The van der Waals surface area contributed by atoms with E-state index in [1.807, 2.05) is 19.1 Å². The molecule has 0 atom stereocenters. The molecule has 0 bridgehead atoms. The summed E-state index contributed by atoms with van der Waals surface area (Å²) in [7, 11) is 1.20. The number of nitrogens with one attached hydrogen (secondary N) is 2. The largest absolute Gasteiger partial charge is 0.465 e. The number of amides is 1. The number of anilines is 1. The molecule has 0 aliphatic heterocycles. The van der Waals surface area contributed by atoms with Gasteiger partial charge in [-0.15, -0.1) is 0 Å². The van der Waals surface area contributed by atoms with Crippen LogP contribution in [0.15, 0.2) is 52.3 Å². The number of pyridine rings is 1. The van der Waals surface area contributed by atoms with Crippen LogP contribution in [0.3, 0.4) is 0 Å². The van der Waals surface area contributed by atoms with Crippen molar-refractivity contribution in [3.63, 3.8) is 0 Å². The van der Waals surface area contributed by atoms with Crippen LogP contribution in [0.25, 0.3) is 10.9 Å². The van der Waals surface area contributed by atoms with Gasteiger partial charge in [0.05, 0.1) is 23.4 Å². The van der Waals surface area contributed by atoms with E-state index in [0.717, 1.165) is 17.3 Å². The molecule has 0 aliphatic rings. The molecule has 0 radical (unpaired) electrons. The van der Waals surface area contributed by atoms with Crippen LogP contribution in [0.5, 0.6) is 0 Å². The number of benzene rings is 2. The van der Waals surface area contributed by atoms with E-state index in [-0.39, 0.29) is 22.2 Å². The Morgan fingerprint density at radius 2 is 1.89 bits per heavy atom. The highest BCUT2D eigenvalue weighted by Crippen LogP contribution is 2.24. The Bertz CT molecular complexity index is 1110. The molecule has 28 heavy (non-hydrogen) atoms. The highest BCUT2D eigenvalue weighted by atomic mass is 35.5. The van der Waals surface area contributed by atoms with E-state index in [1.54, 1.807) is 30.3 Å². The van der Waals surface area contributed by atoms with Gasteiger partial charge in [-0.25, -0.2) is 4.79 Å². The van der Waals surface area contributed by atoms with Gasteiger partial charge in [0.25, 0.3) is 0 Å². The van der Waals surface area contributed by atoms with E-state index in [2.05, 4.69) is 10.3 Å². The molecule has 0 saturated carbocycles. The Morgan fingerprint density at radius 3 is 2.57 bits per heavy atom. The summed E-state index contributed by atoms with van der Waals surface area (Å²) < 4.78 is 4.75. The molecule has 0 spiro atoms. The summed E-state index contributed by atoms with van der Waals surface area (Å²) in [5.41, 5.74) is 1.63. The molecule has 6 nitrogen and oxygen atoms in total. The Hall–Kier alpha value is -2.77. The zero-order valence-corrected chi connectivity index (χ0v) is 16.7. The van der Waals surface area contributed by atoms with E-state index in [0.29, 0.717) is 21.6 Å². The number of halogens is 1. The molecule has 1 heterocycles. The van der Waals surface area contributed by atoms with Gasteiger partial charge < -0.3 is 15.0 Å². The number of carbonyl (C=O) groups excluding carboxylic acids is 2. The molecule has 144 valence electrons. The second-order valence-electron chi connectivity index (χ2n) is 6.04. The number of hydrogen-bond donors (Lipinski definition) is 2. The summed E-state index contributed by atoms with van der Waals surface area (Å²) >= 11 is 7.04. The van der Waals surface area contributed by atoms with E-state index in [4.69, 9.17) is 16.3 Å². The smallest absolute Gasteiger partial charge is 0.344 e. The monoisotopic (exact) mass is 416 g/mol. The fourth-order valence-corrected chi connectivity index (χ4v) is 3.63. The van der Waals surface area contributed by atoms with Gasteiger partial charge in [-0.3, -0.25) is 9.59 Å². The predicted octanol–water partition coefficient (Wildman–Crippen LogP) is 4.01. The second kappa shape index (κ2) is 8.50. The van der Waals surface area contributed by atoms with E-state index in [9.17, 15) is 14.4 Å².